The van der Waals surface area contributed by atoms with Crippen LogP contribution in [0.5, 0.6) is 0 Å². The number of halogens is 1. The molecule has 1 N–H and O–H groups in total. The molecule has 3 nitrogen and oxygen atoms in total. The number of rotatable bonds is 5. The fourth-order valence-electron chi connectivity index (χ4n) is 2.58. The molecule has 1 aromatic rings. The van der Waals surface area contributed by atoms with Crippen LogP contribution in [0.4, 0.5) is 10.2 Å². The van der Waals surface area contributed by atoms with Gasteiger partial charge in [-0.05, 0) is 19.0 Å². The van der Waals surface area contributed by atoms with Gasteiger partial charge < -0.3 is 10.2 Å². The summed E-state index contributed by atoms with van der Waals surface area (Å²) in [5.74, 6) is 0.349. The Morgan fingerprint density at radius 3 is 2.75 bits per heavy atom. The average Bonchev–Trinajstić information content (AvgIpc) is 2.40. The number of aromatic nitrogens is 1. The Kier molecular flexibility index (Phi) is 5.66. The monoisotopic (exact) mass is 297 g/mol. The van der Waals surface area contributed by atoms with Gasteiger partial charge in [-0.2, -0.15) is 11.8 Å². The first-order chi connectivity index (χ1) is 9.61. The van der Waals surface area contributed by atoms with E-state index in [1.54, 1.807) is 12.3 Å². The zero-order chi connectivity index (χ0) is 14.5. The van der Waals surface area contributed by atoms with Crippen LogP contribution in [-0.4, -0.2) is 35.1 Å². The van der Waals surface area contributed by atoms with Gasteiger partial charge >= 0.3 is 0 Å². The molecule has 0 bridgehead atoms. The van der Waals surface area contributed by atoms with Crippen molar-refractivity contribution in [2.24, 2.45) is 0 Å². The smallest absolute Gasteiger partial charge is 0.170 e. The van der Waals surface area contributed by atoms with Gasteiger partial charge in [-0.25, -0.2) is 9.37 Å². The van der Waals surface area contributed by atoms with Crippen molar-refractivity contribution in [2.75, 3.05) is 24.5 Å². The summed E-state index contributed by atoms with van der Waals surface area (Å²) in [5.41, 5.74) is 0.710. The van der Waals surface area contributed by atoms with Crippen molar-refractivity contribution in [1.29, 1.82) is 0 Å². The topological polar surface area (TPSA) is 28.2 Å². The Labute approximate surface area is 125 Å². The number of hydrogen-bond acceptors (Lipinski definition) is 4. The molecule has 1 saturated heterocycles. The molecule has 2 heterocycles. The van der Waals surface area contributed by atoms with Crippen LogP contribution in [-0.2, 0) is 6.54 Å². The maximum atomic E-state index is 14.6. The third-order valence-corrected chi connectivity index (χ3v) is 4.64. The van der Waals surface area contributed by atoms with E-state index < -0.39 is 0 Å². The van der Waals surface area contributed by atoms with Crippen molar-refractivity contribution < 1.29 is 4.39 Å². The van der Waals surface area contributed by atoms with E-state index in [-0.39, 0.29) is 5.82 Å². The van der Waals surface area contributed by atoms with E-state index in [2.05, 4.69) is 36.0 Å². The van der Waals surface area contributed by atoms with E-state index in [0.29, 0.717) is 28.4 Å². The first kappa shape index (κ1) is 15.6. The second-order valence-electron chi connectivity index (χ2n) is 5.45. The van der Waals surface area contributed by atoms with E-state index in [4.69, 9.17) is 0 Å². The standard InChI is InChI=1S/C15H24FN3S/c1-4-6-17-8-13-5-7-18-15(14(13)16)19-9-11(2)20-12(3)10-19/h5,7,11-12,17H,4,6,8-10H2,1-3H3. The highest BCUT2D eigenvalue weighted by atomic mass is 32.2. The summed E-state index contributed by atoms with van der Waals surface area (Å²) in [7, 11) is 0. The summed E-state index contributed by atoms with van der Waals surface area (Å²) >= 11 is 1.96. The molecular formula is C15H24FN3S. The van der Waals surface area contributed by atoms with Gasteiger partial charge in [0.2, 0.25) is 0 Å². The lowest BCUT2D eigenvalue weighted by atomic mass is 10.2. The van der Waals surface area contributed by atoms with Gasteiger partial charge in [-0.15, -0.1) is 0 Å². The quantitative estimate of drug-likeness (QED) is 0.846. The molecule has 112 valence electrons. The van der Waals surface area contributed by atoms with Crippen molar-refractivity contribution >= 4 is 17.6 Å². The molecule has 1 aliphatic rings. The van der Waals surface area contributed by atoms with Gasteiger partial charge in [-0.3, -0.25) is 0 Å². The molecule has 1 aliphatic heterocycles. The van der Waals surface area contributed by atoms with Gasteiger partial charge in [0.05, 0.1) is 0 Å². The lowest BCUT2D eigenvalue weighted by Gasteiger charge is -2.35. The molecule has 0 aromatic carbocycles. The minimum atomic E-state index is -0.164. The Balaban J connectivity index is 2.13. The SMILES string of the molecule is CCCNCc1ccnc(N2CC(C)SC(C)C2)c1F. The van der Waals surface area contributed by atoms with Crippen LogP contribution in [0.3, 0.4) is 0 Å². The van der Waals surface area contributed by atoms with Gasteiger partial charge in [-0.1, -0.05) is 20.8 Å². The summed E-state index contributed by atoms with van der Waals surface area (Å²) in [6.45, 7) is 9.70. The molecule has 20 heavy (non-hydrogen) atoms. The number of thioether (sulfide) groups is 1. The maximum Gasteiger partial charge on any atom is 0.170 e. The van der Waals surface area contributed by atoms with Gasteiger partial charge in [0, 0.05) is 41.9 Å². The van der Waals surface area contributed by atoms with Crippen molar-refractivity contribution in [3.05, 3.63) is 23.6 Å². The fourth-order valence-corrected chi connectivity index (χ4v) is 3.90. The summed E-state index contributed by atoms with van der Waals surface area (Å²) < 4.78 is 14.6. The van der Waals surface area contributed by atoms with E-state index >= 15 is 0 Å². The largest absolute Gasteiger partial charge is 0.352 e. The van der Waals surface area contributed by atoms with Crippen LogP contribution >= 0.6 is 11.8 Å². The van der Waals surface area contributed by atoms with E-state index in [1.807, 2.05) is 11.8 Å². The number of nitrogens with zero attached hydrogens (tertiary/aromatic N) is 2. The minimum Gasteiger partial charge on any atom is -0.352 e. The third kappa shape index (κ3) is 3.85. The Bertz CT molecular complexity index is 431. The zero-order valence-corrected chi connectivity index (χ0v) is 13.3. The number of hydrogen-bond donors (Lipinski definition) is 1. The van der Waals surface area contributed by atoms with Gasteiger partial charge in [0.15, 0.2) is 11.6 Å². The summed E-state index contributed by atoms with van der Waals surface area (Å²) in [6.07, 6.45) is 2.77. The molecule has 0 aliphatic carbocycles. The molecule has 0 amide bonds. The van der Waals surface area contributed by atoms with Gasteiger partial charge in [0.25, 0.3) is 0 Å². The highest BCUT2D eigenvalue weighted by Gasteiger charge is 2.25. The fraction of sp³-hybridized carbons (Fsp3) is 0.667. The molecule has 1 aromatic heterocycles. The maximum absolute atomic E-state index is 14.6. The lowest BCUT2D eigenvalue weighted by Crippen LogP contribution is -2.41. The third-order valence-electron chi connectivity index (χ3n) is 3.41. The lowest BCUT2D eigenvalue weighted by molar-refractivity contribution is 0.570. The van der Waals surface area contributed by atoms with Gasteiger partial charge in [0.1, 0.15) is 0 Å². The minimum absolute atomic E-state index is 0.164. The number of anilines is 1. The highest BCUT2D eigenvalue weighted by molar-refractivity contribution is 8.00. The molecule has 2 atom stereocenters. The Morgan fingerprint density at radius 2 is 2.10 bits per heavy atom. The molecular weight excluding hydrogens is 273 g/mol. The molecule has 2 rings (SSSR count). The van der Waals surface area contributed by atoms with Crippen molar-refractivity contribution in [2.45, 2.75) is 44.2 Å². The van der Waals surface area contributed by atoms with E-state index in [0.717, 1.165) is 26.1 Å². The molecule has 0 saturated carbocycles. The van der Waals surface area contributed by atoms with Crippen molar-refractivity contribution in [1.82, 2.24) is 10.3 Å². The predicted octanol–water partition coefficient (Wildman–Crippen LogP) is 3.05. The summed E-state index contributed by atoms with van der Waals surface area (Å²) in [6, 6.07) is 1.77. The van der Waals surface area contributed by atoms with E-state index in [1.165, 1.54) is 0 Å². The van der Waals surface area contributed by atoms with Crippen LogP contribution in [0.15, 0.2) is 12.3 Å². The van der Waals surface area contributed by atoms with Crippen LogP contribution in [0, 0.1) is 5.82 Å². The van der Waals surface area contributed by atoms with Crippen molar-refractivity contribution in [3.8, 4) is 0 Å². The van der Waals surface area contributed by atoms with Crippen LogP contribution in [0.25, 0.3) is 0 Å². The second kappa shape index (κ2) is 7.27. The van der Waals surface area contributed by atoms with Crippen LogP contribution in [0.1, 0.15) is 32.8 Å². The second-order valence-corrected chi connectivity index (χ2v) is 7.33. The first-order valence-electron chi connectivity index (χ1n) is 7.36. The average molecular weight is 297 g/mol. The summed E-state index contributed by atoms with van der Waals surface area (Å²) in [5, 5.41) is 4.28. The Hall–Kier alpha value is -0.810. The highest BCUT2D eigenvalue weighted by Crippen LogP contribution is 2.29. The first-order valence-corrected chi connectivity index (χ1v) is 8.30. The summed E-state index contributed by atoms with van der Waals surface area (Å²) in [4.78, 5) is 6.36. The number of nitrogens with one attached hydrogen (secondary N) is 1. The normalized spacial score (nSPS) is 23.1. The molecule has 5 heteroatoms. The van der Waals surface area contributed by atoms with Crippen LogP contribution in [0.2, 0.25) is 0 Å². The molecule has 0 radical (unpaired) electrons. The Morgan fingerprint density at radius 1 is 1.40 bits per heavy atom. The number of pyridine rings is 1. The predicted molar refractivity (Wildman–Crippen MR) is 84.9 cm³/mol. The molecule has 0 spiro atoms. The molecule has 1 fully saturated rings. The van der Waals surface area contributed by atoms with E-state index in [9.17, 15) is 4.39 Å². The van der Waals surface area contributed by atoms with Crippen molar-refractivity contribution in [3.63, 3.8) is 0 Å². The van der Waals surface area contributed by atoms with Crippen LogP contribution < -0.4 is 10.2 Å². The molecule has 2 unspecified atom stereocenters. The zero-order valence-electron chi connectivity index (χ0n) is 12.5.